The Hall–Kier alpha value is -4.70. The maximum absolute atomic E-state index is 13.6. The van der Waals surface area contributed by atoms with Crippen molar-refractivity contribution in [3.63, 3.8) is 0 Å². The first-order chi connectivity index (χ1) is 21.4. The van der Waals surface area contributed by atoms with Gasteiger partial charge in [-0.25, -0.2) is 0 Å². The first kappa shape index (κ1) is 29.4. The molecule has 0 amide bonds. The molecule has 218 valence electrons. The number of fused-ring (bicyclic) bond motifs is 1. The van der Waals surface area contributed by atoms with Gasteiger partial charge in [-0.05, 0) is 90.9 Å². The number of hydrogen-bond donors (Lipinski definition) is 0. The summed E-state index contributed by atoms with van der Waals surface area (Å²) in [6, 6.07) is 40.9. The molecule has 0 aliphatic heterocycles. The zero-order chi connectivity index (χ0) is 30.6. The Balaban J connectivity index is 1.27. The van der Waals surface area contributed by atoms with E-state index in [0.717, 1.165) is 10.7 Å². The van der Waals surface area contributed by atoms with E-state index in [2.05, 4.69) is 48.5 Å². The number of nitrogens with zero attached hydrogens (tertiary/aromatic N) is 1. The summed E-state index contributed by atoms with van der Waals surface area (Å²) >= 11 is 6.05. The number of esters is 1. The molecule has 0 spiro atoms. The van der Waals surface area contributed by atoms with Gasteiger partial charge < -0.3 is 9.47 Å². The molecule has 5 aromatic carbocycles. The molecule has 0 aliphatic carbocycles. The van der Waals surface area contributed by atoms with E-state index in [0.29, 0.717) is 38.9 Å². The number of carbonyl (C=O) groups excluding carboxylic acids is 2. The van der Waals surface area contributed by atoms with Crippen molar-refractivity contribution in [2.75, 3.05) is 7.11 Å². The highest BCUT2D eigenvalue weighted by atomic mass is 35.5. The van der Waals surface area contributed by atoms with Crippen molar-refractivity contribution in [3.8, 4) is 11.5 Å². The van der Waals surface area contributed by atoms with Crippen molar-refractivity contribution in [1.82, 2.24) is 4.57 Å². The summed E-state index contributed by atoms with van der Waals surface area (Å²) in [5.74, 6) is 0.464. The third kappa shape index (κ3) is 6.03. The standard InChI is InChI=1S/C37H29ClNO4P/c1-25-33(34-23-29(42-2)19-22-35(34)39(25)37(41)26-13-15-27(38)16-14-26)24-36(40)43-28-17-20-32(21-18-28)44(30-9-5-3-6-10-30)31-11-7-4-8-12-31/h3-23H,24H2,1-2H3. The number of aromatic nitrogens is 1. The molecule has 7 heteroatoms. The highest BCUT2D eigenvalue weighted by Gasteiger charge is 2.23. The lowest BCUT2D eigenvalue weighted by atomic mass is 10.1. The molecular weight excluding hydrogens is 589 g/mol. The summed E-state index contributed by atoms with van der Waals surface area (Å²) in [5, 5.41) is 4.95. The van der Waals surface area contributed by atoms with Crippen molar-refractivity contribution in [2.24, 2.45) is 0 Å². The van der Waals surface area contributed by atoms with E-state index in [1.54, 1.807) is 42.0 Å². The quantitative estimate of drug-likeness (QED) is 0.103. The van der Waals surface area contributed by atoms with Crippen LogP contribution in [0, 0.1) is 6.92 Å². The van der Waals surface area contributed by atoms with Crippen molar-refractivity contribution < 1.29 is 19.1 Å². The largest absolute Gasteiger partial charge is 0.497 e. The van der Waals surface area contributed by atoms with Crippen LogP contribution in [0.3, 0.4) is 0 Å². The predicted molar refractivity (Wildman–Crippen MR) is 179 cm³/mol. The number of ether oxygens (including phenoxy) is 2. The number of carbonyl (C=O) groups is 2. The molecule has 0 radical (unpaired) electrons. The van der Waals surface area contributed by atoms with Gasteiger partial charge in [-0.2, -0.15) is 0 Å². The lowest BCUT2D eigenvalue weighted by Crippen LogP contribution is -2.20. The van der Waals surface area contributed by atoms with Crippen LogP contribution in [0.2, 0.25) is 5.02 Å². The van der Waals surface area contributed by atoms with Crippen LogP contribution in [0.4, 0.5) is 0 Å². The molecule has 6 rings (SSSR count). The molecule has 0 saturated carbocycles. The Morgan fingerprint density at radius 3 is 1.89 bits per heavy atom. The van der Waals surface area contributed by atoms with Crippen LogP contribution in [0.1, 0.15) is 21.6 Å². The van der Waals surface area contributed by atoms with Gasteiger partial charge in [0.1, 0.15) is 11.5 Å². The molecular formula is C37H29ClNO4P. The molecule has 6 aromatic rings. The predicted octanol–water partition coefficient (Wildman–Crippen LogP) is 7.21. The number of hydrogen-bond acceptors (Lipinski definition) is 4. The zero-order valence-electron chi connectivity index (χ0n) is 24.2. The van der Waals surface area contributed by atoms with Gasteiger partial charge in [0.25, 0.3) is 5.91 Å². The Kier molecular flexibility index (Phi) is 8.60. The highest BCUT2D eigenvalue weighted by molar-refractivity contribution is 7.79. The van der Waals surface area contributed by atoms with Crippen LogP contribution in [0.25, 0.3) is 10.9 Å². The third-order valence-electron chi connectivity index (χ3n) is 7.51. The molecule has 44 heavy (non-hydrogen) atoms. The van der Waals surface area contributed by atoms with Crippen LogP contribution in [-0.2, 0) is 11.2 Å². The molecule has 1 heterocycles. The van der Waals surface area contributed by atoms with Crippen LogP contribution < -0.4 is 25.4 Å². The summed E-state index contributed by atoms with van der Waals surface area (Å²) in [5.41, 5.74) is 2.55. The van der Waals surface area contributed by atoms with Crippen LogP contribution in [0.5, 0.6) is 11.5 Å². The van der Waals surface area contributed by atoms with Crippen molar-refractivity contribution >= 4 is 58.2 Å². The maximum atomic E-state index is 13.6. The second-order valence-corrected chi connectivity index (χ2v) is 12.9. The average molecular weight is 618 g/mol. The molecule has 5 nitrogen and oxygen atoms in total. The normalized spacial score (nSPS) is 11.1. The lowest BCUT2D eigenvalue weighted by molar-refractivity contribution is -0.133. The Bertz CT molecular complexity index is 1900. The molecule has 0 fully saturated rings. The van der Waals surface area contributed by atoms with Gasteiger partial charge in [-0.1, -0.05) is 84.4 Å². The van der Waals surface area contributed by atoms with Gasteiger partial charge in [-0.15, -0.1) is 0 Å². The van der Waals surface area contributed by atoms with Crippen LogP contribution in [0.15, 0.2) is 127 Å². The number of benzene rings is 5. The van der Waals surface area contributed by atoms with Crippen molar-refractivity contribution in [2.45, 2.75) is 13.3 Å². The van der Waals surface area contributed by atoms with Crippen molar-refractivity contribution in [3.05, 3.63) is 149 Å². The van der Waals surface area contributed by atoms with Crippen molar-refractivity contribution in [1.29, 1.82) is 0 Å². The molecule has 0 bridgehead atoms. The second kappa shape index (κ2) is 12.9. The van der Waals surface area contributed by atoms with E-state index in [-0.39, 0.29) is 12.3 Å². The fourth-order valence-electron chi connectivity index (χ4n) is 5.37. The molecule has 0 unspecified atom stereocenters. The molecule has 0 aliphatic rings. The smallest absolute Gasteiger partial charge is 0.315 e. The second-order valence-electron chi connectivity index (χ2n) is 10.2. The van der Waals surface area contributed by atoms with Gasteiger partial charge in [0.05, 0.1) is 19.0 Å². The lowest BCUT2D eigenvalue weighted by Gasteiger charge is -2.19. The Morgan fingerprint density at radius 2 is 1.30 bits per heavy atom. The topological polar surface area (TPSA) is 57.5 Å². The average Bonchev–Trinajstić information content (AvgIpc) is 3.32. The molecule has 0 atom stereocenters. The summed E-state index contributed by atoms with van der Waals surface area (Å²) in [7, 11) is 0.820. The van der Waals surface area contributed by atoms with E-state index >= 15 is 0 Å². The fourth-order valence-corrected chi connectivity index (χ4v) is 7.78. The zero-order valence-corrected chi connectivity index (χ0v) is 25.9. The van der Waals surface area contributed by atoms with Gasteiger partial charge in [0, 0.05) is 21.7 Å². The van der Waals surface area contributed by atoms with E-state index in [1.807, 2.05) is 55.5 Å². The summed E-state index contributed by atoms with van der Waals surface area (Å²) in [4.78, 5) is 26.9. The minimum Gasteiger partial charge on any atom is -0.497 e. The van der Waals surface area contributed by atoms with Gasteiger partial charge in [-0.3, -0.25) is 14.2 Å². The summed E-state index contributed by atoms with van der Waals surface area (Å²) in [6.07, 6.45) is -0.0150. The van der Waals surface area contributed by atoms with E-state index < -0.39 is 13.9 Å². The Labute approximate surface area is 262 Å². The first-order valence-electron chi connectivity index (χ1n) is 14.1. The van der Waals surface area contributed by atoms with Crippen LogP contribution >= 0.6 is 19.5 Å². The first-order valence-corrected chi connectivity index (χ1v) is 15.8. The number of methoxy groups -OCH3 is 1. The van der Waals surface area contributed by atoms with Gasteiger partial charge in [0.15, 0.2) is 0 Å². The monoisotopic (exact) mass is 617 g/mol. The number of rotatable bonds is 8. The molecule has 0 saturated heterocycles. The molecule has 1 aromatic heterocycles. The summed E-state index contributed by atoms with van der Waals surface area (Å²) < 4.78 is 12.9. The SMILES string of the molecule is COc1ccc2c(c1)c(CC(=O)Oc1ccc(P(c3ccccc3)c3ccccc3)cc1)c(C)n2C(=O)c1ccc(Cl)cc1. The maximum Gasteiger partial charge on any atom is 0.315 e. The Morgan fingerprint density at radius 1 is 0.727 bits per heavy atom. The highest BCUT2D eigenvalue weighted by Crippen LogP contribution is 2.34. The fraction of sp³-hybridized carbons (Fsp3) is 0.0811. The van der Waals surface area contributed by atoms with Gasteiger partial charge in [0.2, 0.25) is 0 Å². The minimum absolute atomic E-state index is 0.0150. The number of halogens is 1. The van der Waals surface area contributed by atoms with E-state index in [9.17, 15) is 9.59 Å². The minimum atomic E-state index is -0.767. The van der Waals surface area contributed by atoms with Crippen LogP contribution in [-0.4, -0.2) is 23.6 Å². The van der Waals surface area contributed by atoms with E-state index in [1.165, 1.54) is 10.6 Å². The molecule has 0 N–H and O–H groups in total. The summed E-state index contributed by atoms with van der Waals surface area (Å²) in [6.45, 7) is 1.84. The van der Waals surface area contributed by atoms with Gasteiger partial charge >= 0.3 is 5.97 Å². The van der Waals surface area contributed by atoms with E-state index in [4.69, 9.17) is 21.1 Å². The third-order valence-corrected chi connectivity index (χ3v) is 10.2.